The molecule has 0 bridgehead atoms. The maximum absolute atomic E-state index is 12.6. The molecule has 0 radical (unpaired) electrons. The lowest BCUT2D eigenvalue weighted by atomic mass is 10.0. The summed E-state index contributed by atoms with van der Waals surface area (Å²) in [4.78, 5) is 26.7. The van der Waals surface area contributed by atoms with Crippen LogP contribution in [0.1, 0.15) is 34.8 Å². The largest absolute Gasteiger partial charge is 0.343 e. The Balaban J connectivity index is 1.62. The Labute approximate surface area is 163 Å². The lowest BCUT2D eigenvalue weighted by Crippen LogP contribution is -2.39. The maximum Gasteiger partial charge on any atom is 0.251 e. The molecule has 6 heteroatoms. The third-order valence-electron chi connectivity index (χ3n) is 4.31. The Bertz CT molecular complexity index is 777. The van der Waals surface area contributed by atoms with Crippen LogP contribution in [0.4, 0.5) is 0 Å². The Kier molecular flexibility index (Phi) is 5.91. The van der Waals surface area contributed by atoms with Crippen LogP contribution >= 0.6 is 31.9 Å². The van der Waals surface area contributed by atoms with E-state index < -0.39 is 0 Å². The summed E-state index contributed by atoms with van der Waals surface area (Å²) in [6, 6.07) is 15.3. The number of carbonyl (C=O) groups is 2. The fraction of sp³-hybridized carbons (Fsp3) is 0.263. The number of nitrogens with one attached hydrogen (secondary N) is 1. The predicted molar refractivity (Wildman–Crippen MR) is 104 cm³/mol. The molecule has 1 atom stereocenters. The fourth-order valence-corrected chi connectivity index (χ4v) is 3.75. The number of carbonyl (C=O) groups excluding carboxylic acids is 2. The number of halogens is 2. The number of rotatable bonds is 4. The van der Waals surface area contributed by atoms with Crippen molar-refractivity contribution in [3.05, 3.63) is 68.6 Å². The average Bonchev–Trinajstić information content (AvgIpc) is 3.10. The van der Waals surface area contributed by atoms with Crippen molar-refractivity contribution in [2.75, 3.05) is 13.1 Å². The van der Waals surface area contributed by atoms with Gasteiger partial charge in [-0.1, -0.05) is 50.1 Å². The first-order valence-corrected chi connectivity index (χ1v) is 9.72. The van der Waals surface area contributed by atoms with Gasteiger partial charge in [0.1, 0.15) is 0 Å². The van der Waals surface area contributed by atoms with Gasteiger partial charge in [0.25, 0.3) is 5.91 Å². The van der Waals surface area contributed by atoms with Crippen molar-refractivity contribution in [3.8, 4) is 0 Å². The molecule has 0 saturated carbocycles. The summed E-state index contributed by atoms with van der Waals surface area (Å²) in [5.74, 6) is -0.289. The monoisotopic (exact) mass is 464 g/mol. The Morgan fingerprint density at radius 2 is 1.84 bits per heavy atom. The molecule has 1 fully saturated rings. The molecule has 2 aromatic carbocycles. The molecule has 1 N–H and O–H groups in total. The Morgan fingerprint density at radius 3 is 2.56 bits per heavy atom. The van der Waals surface area contributed by atoms with E-state index in [9.17, 15) is 9.59 Å². The van der Waals surface area contributed by atoms with Gasteiger partial charge in [0.15, 0.2) is 0 Å². The molecule has 130 valence electrons. The summed E-state index contributed by atoms with van der Waals surface area (Å²) in [6.45, 7) is 0.741. The van der Waals surface area contributed by atoms with Crippen LogP contribution in [0.2, 0.25) is 0 Å². The predicted octanol–water partition coefficient (Wildman–Crippen LogP) is 4.31. The second-order valence-corrected chi connectivity index (χ2v) is 7.82. The third-order valence-corrected chi connectivity index (χ3v) is 5.34. The molecule has 2 amide bonds. The molecule has 3 rings (SSSR count). The second-order valence-electron chi connectivity index (χ2n) is 5.99. The molecule has 4 nitrogen and oxygen atoms in total. The van der Waals surface area contributed by atoms with Crippen molar-refractivity contribution < 1.29 is 9.59 Å². The third kappa shape index (κ3) is 4.50. The van der Waals surface area contributed by atoms with Crippen LogP contribution in [0.3, 0.4) is 0 Å². The lowest BCUT2D eigenvalue weighted by molar-refractivity contribution is -0.131. The van der Waals surface area contributed by atoms with Gasteiger partial charge < -0.3 is 10.2 Å². The highest BCUT2D eigenvalue weighted by Gasteiger charge is 2.29. The number of likely N-dealkylation sites (tertiary alicyclic amines) is 1. The summed E-state index contributed by atoms with van der Waals surface area (Å²) >= 11 is 6.78. The van der Waals surface area contributed by atoms with Crippen molar-refractivity contribution in [2.45, 2.75) is 18.9 Å². The molecule has 0 aliphatic carbocycles. The van der Waals surface area contributed by atoms with Gasteiger partial charge >= 0.3 is 0 Å². The van der Waals surface area contributed by atoms with Gasteiger partial charge in [0, 0.05) is 21.1 Å². The van der Waals surface area contributed by atoms with Crippen LogP contribution in [0, 0.1) is 0 Å². The van der Waals surface area contributed by atoms with E-state index in [1.807, 2.05) is 35.2 Å². The molecule has 1 aliphatic rings. The molecule has 0 aromatic heterocycles. The molecule has 1 unspecified atom stereocenters. The smallest absolute Gasteiger partial charge is 0.251 e. The molecule has 25 heavy (non-hydrogen) atoms. The van der Waals surface area contributed by atoms with Crippen LogP contribution in [0.25, 0.3) is 0 Å². The van der Waals surface area contributed by atoms with E-state index in [1.165, 1.54) is 0 Å². The molecule has 1 saturated heterocycles. The first kappa shape index (κ1) is 18.1. The second kappa shape index (κ2) is 8.15. The van der Waals surface area contributed by atoms with Gasteiger partial charge in [-0.15, -0.1) is 0 Å². The maximum atomic E-state index is 12.6. The van der Waals surface area contributed by atoms with Gasteiger partial charge in [0.05, 0.1) is 12.6 Å². The summed E-state index contributed by atoms with van der Waals surface area (Å²) in [6.07, 6.45) is 1.93. The molecular formula is C19H18Br2N2O2. The quantitative estimate of drug-likeness (QED) is 0.731. The van der Waals surface area contributed by atoms with Crippen molar-refractivity contribution >= 4 is 43.7 Å². The van der Waals surface area contributed by atoms with E-state index in [0.29, 0.717) is 5.56 Å². The van der Waals surface area contributed by atoms with Gasteiger partial charge in [0.2, 0.25) is 5.91 Å². The first-order chi connectivity index (χ1) is 12.0. The summed E-state index contributed by atoms with van der Waals surface area (Å²) in [5, 5.41) is 2.73. The minimum Gasteiger partial charge on any atom is -0.343 e. The van der Waals surface area contributed by atoms with Crippen LogP contribution in [0.5, 0.6) is 0 Å². The molecule has 2 aromatic rings. The van der Waals surface area contributed by atoms with Gasteiger partial charge in [-0.25, -0.2) is 0 Å². The fourth-order valence-electron chi connectivity index (χ4n) is 3.09. The Morgan fingerprint density at radius 1 is 1.08 bits per heavy atom. The lowest BCUT2D eigenvalue weighted by Gasteiger charge is -2.25. The molecular weight excluding hydrogens is 448 g/mol. The van der Waals surface area contributed by atoms with Gasteiger partial charge in [-0.2, -0.15) is 0 Å². The highest BCUT2D eigenvalue weighted by Crippen LogP contribution is 2.32. The van der Waals surface area contributed by atoms with E-state index in [1.54, 1.807) is 18.2 Å². The number of amides is 2. The van der Waals surface area contributed by atoms with E-state index in [2.05, 4.69) is 37.2 Å². The summed E-state index contributed by atoms with van der Waals surface area (Å²) in [5.41, 5.74) is 1.67. The highest BCUT2D eigenvalue weighted by molar-refractivity contribution is 9.10. The van der Waals surface area contributed by atoms with Crippen molar-refractivity contribution in [1.29, 1.82) is 0 Å². The zero-order valence-electron chi connectivity index (χ0n) is 13.5. The SMILES string of the molecule is O=C(NCC(=O)N1CCCC1c1ccc(Br)cc1)c1cccc(Br)c1. The number of hydrogen-bond acceptors (Lipinski definition) is 2. The van der Waals surface area contributed by atoms with Crippen LogP contribution < -0.4 is 5.32 Å². The van der Waals surface area contributed by atoms with Crippen LogP contribution in [-0.4, -0.2) is 29.8 Å². The summed E-state index contributed by atoms with van der Waals surface area (Å²) < 4.78 is 1.86. The van der Waals surface area contributed by atoms with Crippen molar-refractivity contribution in [3.63, 3.8) is 0 Å². The van der Waals surface area contributed by atoms with E-state index in [4.69, 9.17) is 0 Å². The van der Waals surface area contributed by atoms with Crippen molar-refractivity contribution in [2.24, 2.45) is 0 Å². The average molecular weight is 466 g/mol. The first-order valence-electron chi connectivity index (χ1n) is 8.13. The molecule has 1 heterocycles. The zero-order chi connectivity index (χ0) is 17.8. The highest BCUT2D eigenvalue weighted by atomic mass is 79.9. The van der Waals surface area contributed by atoms with Gasteiger partial charge in [-0.05, 0) is 48.7 Å². The normalized spacial score (nSPS) is 16.7. The standard InChI is InChI=1S/C19H18Br2N2O2/c20-15-8-6-13(7-9-15)17-5-2-10-23(17)18(24)12-22-19(25)14-3-1-4-16(21)11-14/h1,3-4,6-9,11,17H,2,5,10,12H2,(H,22,25). The minimum atomic E-state index is -0.242. The topological polar surface area (TPSA) is 49.4 Å². The minimum absolute atomic E-state index is 0.0123. The molecule has 1 aliphatic heterocycles. The van der Waals surface area contributed by atoms with E-state index in [-0.39, 0.29) is 24.4 Å². The number of hydrogen-bond donors (Lipinski definition) is 1. The number of benzene rings is 2. The Hall–Kier alpha value is -1.66. The summed E-state index contributed by atoms with van der Waals surface area (Å²) in [7, 11) is 0. The molecule has 0 spiro atoms. The van der Waals surface area contributed by atoms with Crippen LogP contribution in [0.15, 0.2) is 57.5 Å². The van der Waals surface area contributed by atoms with Crippen molar-refractivity contribution in [1.82, 2.24) is 10.2 Å². The van der Waals surface area contributed by atoms with E-state index >= 15 is 0 Å². The number of nitrogens with zero attached hydrogens (tertiary/aromatic N) is 1. The van der Waals surface area contributed by atoms with Gasteiger partial charge in [-0.3, -0.25) is 9.59 Å². The van der Waals surface area contributed by atoms with E-state index in [0.717, 1.165) is 33.9 Å². The van der Waals surface area contributed by atoms with Crippen LogP contribution in [-0.2, 0) is 4.79 Å². The zero-order valence-corrected chi connectivity index (χ0v) is 16.7.